The lowest BCUT2D eigenvalue weighted by Gasteiger charge is -2.08. The highest BCUT2D eigenvalue weighted by molar-refractivity contribution is 6.32. The molecule has 0 fully saturated rings. The second-order valence-electron chi connectivity index (χ2n) is 4.23. The average Bonchev–Trinajstić information content (AvgIpc) is 2.81. The fourth-order valence-corrected chi connectivity index (χ4v) is 1.86. The van der Waals surface area contributed by atoms with Gasteiger partial charge in [-0.15, -0.1) is 0 Å². The summed E-state index contributed by atoms with van der Waals surface area (Å²) < 4.78 is 11.1. The molecule has 2 rings (SSSR count). The van der Waals surface area contributed by atoms with Crippen LogP contribution >= 0.6 is 11.6 Å². The van der Waals surface area contributed by atoms with E-state index >= 15 is 0 Å². The molecular weight excluding hydrogens is 250 g/mol. The van der Waals surface area contributed by atoms with Gasteiger partial charge in [0.2, 0.25) is 0 Å². The molecule has 2 N–H and O–H groups in total. The molecule has 18 heavy (non-hydrogen) atoms. The van der Waals surface area contributed by atoms with Crippen molar-refractivity contribution in [1.82, 2.24) is 0 Å². The quantitative estimate of drug-likeness (QED) is 0.919. The maximum atomic E-state index is 6.10. The molecule has 2 aromatic rings. The van der Waals surface area contributed by atoms with Gasteiger partial charge in [-0.05, 0) is 49.2 Å². The third-order valence-corrected chi connectivity index (χ3v) is 3.31. The van der Waals surface area contributed by atoms with Crippen molar-refractivity contribution in [2.24, 2.45) is 5.73 Å². The van der Waals surface area contributed by atoms with Crippen molar-refractivity contribution in [1.29, 1.82) is 0 Å². The molecule has 0 aliphatic carbocycles. The van der Waals surface area contributed by atoms with Gasteiger partial charge in [-0.25, -0.2) is 0 Å². The topological polar surface area (TPSA) is 48.4 Å². The highest BCUT2D eigenvalue weighted by Crippen LogP contribution is 2.26. The molecule has 96 valence electrons. The van der Waals surface area contributed by atoms with Gasteiger partial charge < -0.3 is 14.9 Å². The summed E-state index contributed by atoms with van der Waals surface area (Å²) in [4.78, 5) is 0. The van der Waals surface area contributed by atoms with Crippen molar-refractivity contribution < 1.29 is 9.15 Å². The molecule has 0 amide bonds. The number of hydrogen-bond donors (Lipinski definition) is 1. The Morgan fingerprint density at radius 3 is 2.33 bits per heavy atom. The van der Waals surface area contributed by atoms with Crippen LogP contribution in [0.4, 0.5) is 0 Å². The maximum Gasteiger partial charge on any atom is 0.146 e. The molecule has 0 aliphatic heterocycles. The van der Waals surface area contributed by atoms with Gasteiger partial charge in [-0.1, -0.05) is 11.6 Å². The SMILES string of the molecule is Cc1cc(OCc2ccc(CN)o2)cc(C)c1Cl. The van der Waals surface area contributed by atoms with E-state index in [1.54, 1.807) is 0 Å². The van der Waals surface area contributed by atoms with Gasteiger partial charge in [0.05, 0.1) is 6.54 Å². The van der Waals surface area contributed by atoms with Gasteiger partial charge in [-0.3, -0.25) is 0 Å². The molecule has 0 aliphatic rings. The summed E-state index contributed by atoms with van der Waals surface area (Å²) in [6.45, 7) is 4.71. The molecule has 0 bridgehead atoms. The van der Waals surface area contributed by atoms with E-state index in [1.165, 1.54) is 0 Å². The van der Waals surface area contributed by atoms with Crippen LogP contribution in [-0.4, -0.2) is 0 Å². The second kappa shape index (κ2) is 5.46. The van der Waals surface area contributed by atoms with E-state index in [-0.39, 0.29) is 0 Å². The Morgan fingerprint density at radius 2 is 1.78 bits per heavy atom. The lowest BCUT2D eigenvalue weighted by molar-refractivity contribution is 0.266. The number of benzene rings is 1. The summed E-state index contributed by atoms with van der Waals surface area (Å²) in [7, 11) is 0. The number of hydrogen-bond acceptors (Lipinski definition) is 3. The van der Waals surface area contributed by atoms with Crippen molar-refractivity contribution in [3.05, 3.63) is 51.9 Å². The molecule has 1 heterocycles. The average molecular weight is 266 g/mol. The largest absolute Gasteiger partial charge is 0.486 e. The molecule has 0 radical (unpaired) electrons. The van der Waals surface area contributed by atoms with Gasteiger partial charge >= 0.3 is 0 Å². The molecule has 0 unspecified atom stereocenters. The molecule has 4 heteroatoms. The molecule has 0 atom stereocenters. The first-order valence-corrected chi connectivity index (χ1v) is 6.15. The molecule has 0 spiro atoms. The van der Waals surface area contributed by atoms with Crippen molar-refractivity contribution in [3.8, 4) is 5.75 Å². The van der Waals surface area contributed by atoms with Crippen LogP contribution < -0.4 is 10.5 Å². The van der Waals surface area contributed by atoms with E-state index < -0.39 is 0 Å². The van der Waals surface area contributed by atoms with E-state index in [0.29, 0.717) is 13.2 Å². The number of halogens is 1. The van der Waals surface area contributed by atoms with Gasteiger partial charge in [0, 0.05) is 5.02 Å². The number of aryl methyl sites for hydroxylation is 2. The lowest BCUT2D eigenvalue weighted by Crippen LogP contribution is -1.96. The molecule has 1 aromatic heterocycles. The Balaban J connectivity index is 2.06. The fraction of sp³-hybridized carbons (Fsp3) is 0.286. The molecule has 3 nitrogen and oxygen atoms in total. The standard InChI is InChI=1S/C14H16ClNO2/c1-9-5-13(6-10(2)14(9)15)17-8-12-4-3-11(7-16)18-12/h3-6H,7-8,16H2,1-2H3. The summed E-state index contributed by atoms with van der Waals surface area (Å²) >= 11 is 6.10. The van der Waals surface area contributed by atoms with Crippen molar-refractivity contribution in [3.63, 3.8) is 0 Å². The number of rotatable bonds is 4. The highest BCUT2D eigenvalue weighted by atomic mass is 35.5. The lowest BCUT2D eigenvalue weighted by atomic mass is 10.1. The monoisotopic (exact) mass is 265 g/mol. The minimum Gasteiger partial charge on any atom is -0.486 e. The van der Waals surface area contributed by atoms with Gasteiger partial charge in [0.25, 0.3) is 0 Å². The number of furan rings is 1. The first-order valence-electron chi connectivity index (χ1n) is 5.77. The van der Waals surface area contributed by atoms with Gasteiger partial charge in [0.1, 0.15) is 23.9 Å². The summed E-state index contributed by atoms with van der Waals surface area (Å²) in [5.41, 5.74) is 7.49. The zero-order valence-electron chi connectivity index (χ0n) is 10.5. The molecule has 0 saturated carbocycles. The third-order valence-electron chi connectivity index (χ3n) is 2.71. The summed E-state index contributed by atoms with van der Waals surface area (Å²) in [5, 5.41) is 0.783. The zero-order chi connectivity index (χ0) is 13.1. The Bertz CT molecular complexity index is 525. The second-order valence-corrected chi connectivity index (χ2v) is 4.61. The first-order chi connectivity index (χ1) is 8.60. The van der Waals surface area contributed by atoms with E-state index in [9.17, 15) is 0 Å². The molecule has 0 saturated heterocycles. The van der Waals surface area contributed by atoms with E-state index in [4.69, 9.17) is 26.5 Å². The third kappa shape index (κ3) is 2.86. The summed E-state index contributed by atoms with van der Waals surface area (Å²) in [5.74, 6) is 2.32. The minimum atomic E-state index is 0.389. The fourth-order valence-electron chi connectivity index (χ4n) is 1.75. The van der Waals surface area contributed by atoms with Crippen LogP contribution in [0.5, 0.6) is 5.75 Å². The maximum absolute atomic E-state index is 6.10. The van der Waals surface area contributed by atoms with Crippen molar-refractivity contribution in [2.75, 3.05) is 0 Å². The normalized spacial score (nSPS) is 10.7. The van der Waals surface area contributed by atoms with Gasteiger partial charge in [-0.2, -0.15) is 0 Å². The van der Waals surface area contributed by atoms with Crippen LogP contribution in [0.3, 0.4) is 0 Å². The van der Waals surface area contributed by atoms with Crippen LogP contribution in [0.2, 0.25) is 5.02 Å². The van der Waals surface area contributed by atoms with Crippen LogP contribution in [0.25, 0.3) is 0 Å². The van der Waals surface area contributed by atoms with Crippen LogP contribution in [-0.2, 0) is 13.2 Å². The predicted molar refractivity (Wildman–Crippen MR) is 71.9 cm³/mol. The van der Waals surface area contributed by atoms with E-state index in [1.807, 2.05) is 38.1 Å². The van der Waals surface area contributed by atoms with Crippen LogP contribution in [0.1, 0.15) is 22.6 Å². The summed E-state index contributed by atoms with van der Waals surface area (Å²) in [6.07, 6.45) is 0. The highest BCUT2D eigenvalue weighted by Gasteiger charge is 2.05. The zero-order valence-corrected chi connectivity index (χ0v) is 11.3. The Labute approximate surface area is 111 Å². The van der Waals surface area contributed by atoms with E-state index in [0.717, 1.165) is 33.4 Å². The Morgan fingerprint density at radius 1 is 1.17 bits per heavy atom. The van der Waals surface area contributed by atoms with Crippen molar-refractivity contribution >= 4 is 11.6 Å². The van der Waals surface area contributed by atoms with Crippen LogP contribution in [0.15, 0.2) is 28.7 Å². The summed E-state index contributed by atoms with van der Waals surface area (Å²) in [6, 6.07) is 7.57. The molecule has 1 aromatic carbocycles. The van der Waals surface area contributed by atoms with E-state index in [2.05, 4.69) is 0 Å². The molecular formula is C14H16ClNO2. The smallest absolute Gasteiger partial charge is 0.146 e. The predicted octanol–water partition coefficient (Wildman–Crippen LogP) is 3.59. The number of ether oxygens (including phenoxy) is 1. The van der Waals surface area contributed by atoms with Crippen molar-refractivity contribution in [2.45, 2.75) is 27.0 Å². The number of nitrogens with two attached hydrogens (primary N) is 1. The Hall–Kier alpha value is -1.45. The minimum absolute atomic E-state index is 0.389. The van der Waals surface area contributed by atoms with Crippen LogP contribution in [0, 0.1) is 13.8 Å². The first kappa shape index (κ1) is 13.0. The van der Waals surface area contributed by atoms with Gasteiger partial charge in [0.15, 0.2) is 0 Å². The Kier molecular flexibility index (Phi) is 3.94.